The molecule has 0 saturated heterocycles. The molecule has 0 bridgehead atoms. The van der Waals surface area contributed by atoms with Gasteiger partial charge in [0.25, 0.3) is 0 Å². The van der Waals surface area contributed by atoms with Gasteiger partial charge in [-0.25, -0.2) is 0 Å². The molecule has 0 aliphatic carbocycles. The molecule has 1 aliphatic rings. The summed E-state index contributed by atoms with van der Waals surface area (Å²) in [6, 6.07) is 11.3. The third kappa shape index (κ3) is 4.51. The molecule has 3 aromatic rings. The summed E-state index contributed by atoms with van der Waals surface area (Å²) >= 11 is 3.10. The van der Waals surface area contributed by atoms with Crippen molar-refractivity contribution in [3.8, 4) is 0 Å². The molecule has 0 radical (unpaired) electrons. The lowest BCUT2D eigenvalue weighted by Crippen LogP contribution is -2.40. The van der Waals surface area contributed by atoms with E-state index in [9.17, 15) is 9.59 Å². The van der Waals surface area contributed by atoms with Crippen LogP contribution in [-0.2, 0) is 22.6 Å². The van der Waals surface area contributed by atoms with Crippen molar-refractivity contribution in [2.45, 2.75) is 37.5 Å². The molecule has 1 N–H and O–H groups in total. The number of thiophene rings is 1. The second-order valence-electron chi connectivity index (χ2n) is 6.81. The van der Waals surface area contributed by atoms with Crippen molar-refractivity contribution >= 4 is 46.3 Å². The second-order valence-corrected chi connectivity index (χ2v) is 8.78. The number of aryl methyl sites for hydroxylation is 2. The zero-order valence-electron chi connectivity index (χ0n) is 15.9. The molecule has 1 atom stereocenters. The molecule has 7 nitrogen and oxygen atoms in total. The summed E-state index contributed by atoms with van der Waals surface area (Å²) in [6.07, 6.45) is 2.87. The van der Waals surface area contributed by atoms with Crippen LogP contribution in [-0.4, -0.2) is 38.4 Å². The summed E-state index contributed by atoms with van der Waals surface area (Å²) in [7, 11) is 0. The van der Waals surface area contributed by atoms with Crippen molar-refractivity contribution in [1.82, 2.24) is 14.8 Å². The van der Waals surface area contributed by atoms with Gasteiger partial charge < -0.3 is 14.8 Å². The van der Waals surface area contributed by atoms with Crippen LogP contribution in [0.25, 0.3) is 0 Å². The first-order valence-corrected chi connectivity index (χ1v) is 11.2. The quantitative estimate of drug-likeness (QED) is 0.610. The summed E-state index contributed by atoms with van der Waals surface area (Å²) in [5.41, 5.74) is 1.40. The Morgan fingerprint density at radius 2 is 2.17 bits per heavy atom. The maximum absolute atomic E-state index is 13.1. The van der Waals surface area contributed by atoms with E-state index in [2.05, 4.69) is 27.0 Å². The predicted octanol–water partition coefficient (Wildman–Crippen LogP) is 3.44. The summed E-state index contributed by atoms with van der Waals surface area (Å²) < 4.78 is 1.97. The largest absolute Gasteiger partial charge is 0.324 e. The van der Waals surface area contributed by atoms with Crippen molar-refractivity contribution in [1.29, 1.82) is 0 Å². The molecular formula is C20H21N5O2S2. The molecule has 9 heteroatoms. The number of thioether (sulfide) groups is 1. The highest BCUT2D eigenvalue weighted by Gasteiger charge is 2.29. The minimum Gasteiger partial charge on any atom is -0.324 e. The number of carbonyl (C=O) groups is 2. The van der Waals surface area contributed by atoms with E-state index in [4.69, 9.17) is 0 Å². The van der Waals surface area contributed by atoms with E-state index >= 15 is 0 Å². The third-order valence-electron chi connectivity index (χ3n) is 4.71. The van der Waals surface area contributed by atoms with E-state index < -0.39 is 0 Å². The first kappa shape index (κ1) is 19.7. The van der Waals surface area contributed by atoms with Crippen LogP contribution in [0.5, 0.6) is 0 Å². The first-order chi connectivity index (χ1) is 14.1. The van der Waals surface area contributed by atoms with Gasteiger partial charge in [-0.05, 0) is 36.9 Å². The number of benzene rings is 1. The Morgan fingerprint density at radius 3 is 3.00 bits per heavy atom. The molecule has 1 aliphatic heterocycles. The number of hydrogen-bond donors (Lipinski definition) is 1. The van der Waals surface area contributed by atoms with Gasteiger partial charge >= 0.3 is 0 Å². The number of nitrogens with zero attached hydrogens (tertiary/aromatic N) is 4. The van der Waals surface area contributed by atoms with Gasteiger partial charge in [0.2, 0.25) is 11.8 Å². The Morgan fingerprint density at radius 1 is 1.31 bits per heavy atom. The molecule has 2 aromatic heterocycles. The Balaban J connectivity index is 1.45. The second kappa shape index (κ2) is 8.79. The fourth-order valence-corrected chi connectivity index (χ4v) is 4.86. The van der Waals surface area contributed by atoms with Crippen molar-refractivity contribution in [3.63, 3.8) is 0 Å². The molecule has 0 unspecified atom stereocenters. The van der Waals surface area contributed by atoms with Crippen LogP contribution in [0, 0.1) is 0 Å². The van der Waals surface area contributed by atoms with Crippen molar-refractivity contribution in [3.05, 3.63) is 53.0 Å². The van der Waals surface area contributed by atoms with Gasteiger partial charge in [0.05, 0.1) is 17.1 Å². The van der Waals surface area contributed by atoms with Crippen LogP contribution in [0.4, 0.5) is 11.4 Å². The maximum Gasteiger partial charge on any atom is 0.237 e. The fourth-order valence-electron chi connectivity index (χ4n) is 3.36. The van der Waals surface area contributed by atoms with Crippen molar-refractivity contribution in [2.24, 2.45) is 0 Å². The number of amides is 2. The number of nitrogens with one attached hydrogen (secondary N) is 1. The third-order valence-corrected chi connectivity index (χ3v) is 6.61. The molecule has 0 saturated carbocycles. The zero-order chi connectivity index (χ0) is 20.2. The van der Waals surface area contributed by atoms with Crippen molar-refractivity contribution in [2.75, 3.05) is 16.0 Å². The van der Waals surface area contributed by atoms with Gasteiger partial charge in [-0.15, -0.1) is 21.5 Å². The lowest BCUT2D eigenvalue weighted by Gasteiger charge is -2.27. The zero-order valence-corrected chi connectivity index (χ0v) is 17.6. The standard InChI is InChI=1S/C20H21N5O2S2/c1-14-11-18(26)22-16-6-2-3-7-17(16)25(14)19(27)12-29-20-23-21-13-24(20)9-8-15-5-4-10-28-15/h2-7,10,13-14H,8-9,11-12H2,1H3,(H,22,26)/t14-/m0/s1. The maximum atomic E-state index is 13.1. The van der Waals surface area contributed by atoms with E-state index in [1.807, 2.05) is 41.8 Å². The summed E-state index contributed by atoms with van der Waals surface area (Å²) in [5.74, 6) is 0.0883. The van der Waals surface area contributed by atoms with E-state index in [-0.39, 0.29) is 30.0 Å². The highest BCUT2D eigenvalue weighted by molar-refractivity contribution is 7.99. The number of anilines is 2. The van der Waals surface area contributed by atoms with Gasteiger partial charge in [0.15, 0.2) is 5.16 Å². The number of carbonyl (C=O) groups excluding carboxylic acids is 2. The molecule has 29 heavy (non-hydrogen) atoms. The minimum atomic E-state index is -0.219. The average Bonchev–Trinajstić information content (AvgIpc) is 3.35. The molecule has 0 spiro atoms. The summed E-state index contributed by atoms with van der Waals surface area (Å²) in [6.45, 7) is 2.67. The molecule has 1 aromatic carbocycles. The average molecular weight is 428 g/mol. The van der Waals surface area contributed by atoms with Crippen LogP contribution >= 0.6 is 23.1 Å². The predicted molar refractivity (Wildman–Crippen MR) is 115 cm³/mol. The molecule has 4 rings (SSSR count). The molecule has 2 amide bonds. The fraction of sp³-hybridized carbons (Fsp3) is 0.300. The molecule has 3 heterocycles. The van der Waals surface area contributed by atoms with Gasteiger partial charge in [0, 0.05) is 23.9 Å². The Bertz CT molecular complexity index is 1000. The topological polar surface area (TPSA) is 80.1 Å². The van der Waals surface area contributed by atoms with Crippen LogP contribution in [0.3, 0.4) is 0 Å². The van der Waals surface area contributed by atoms with Crippen molar-refractivity contribution < 1.29 is 9.59 Å². The normalized spacial score (nSPS) is 16.2. The van der Waals surface area contributed by atoms with E-state index in [0.29, 0.717) is 5.69 Å². The van der Waals surface area contributed by atoms with Gasteiger partial charge in [-0.1, -0.05) is 30.0 Å². The number of rotatable bonds is 6. The molecular weight excluding hydrogens is 406 g/mol. The summed E-state index contributed by atoms with van der Waals surface area (Å²) in [5, 5.41) is 13.8. The highest BCUT2D eigenvalue weighted by Crippen LogP contribution is 2.32. The van der Waals surface area contributed by atoms with Crippen LogP contribution < -0.4 is 10.2 Å². The smallest absolute Gasteiger partial charge is 0.237 e. The van der Waals surface area contributed by atoms with Gasteiger partial charge in [-0.2, -0.15) is 0 Å². The Labute approximate surface area is 177 Å². The lowest BCUT2D eigenvalue weighted by molar-refractivity contribution is -0.117. The number of para-hydroxylation sites is 2. The lowest BCUT2D eigenvalue weighted by atomic mass is 10.2. The number of hydrogen-bond acceptors (Lipinski definition) is 6. The minimum absolute atomic E-state index is 0.0562. The monoisotopic (exact) mass is 427 g/mol. The SMILES string of the molecule is C[C@H]1CC(=O)Nc2ccccc2N1C(=O)CSc1nncn1CCc1cccs1. The van der Waals surface area contributed by atoms with Gasteiger partial charge in [0.1, 0.15) is 6.33 Å². The number of aromatic nitrogens is 3. The Hall–Kier alpha value is -2.65. The molecule has 0 fully saturated rings. The van der Waals surface area contributed by atoms with E-state index in [0.717, 1.165) is 23.8 Å². The van der Waals surface area contributed by atoms with E-state index in [1.165, 1.54) is 16.6 Å². The van der Waals surface area contributed by atoms with Crippen LogP contribution in [0.1, 0.15) is 18.2 Å². The van der Waals surface area contributed by atoms with Gasteiger partial charge in [-0.3, -0.25) is 9.59 Å². The van der Waals surface area contributed by atoms with E-state index in [1.54, 1.807) is 22.6 Å². The first-order valence-electron chi connectivity index (χ1n) is 9.36. The molecule has 150 valence electrons. The number of fused-ring (bicyclic) bond motifs is 1. The Kier molecular flexibility index (Phi) is 5.96. The highest BCUT2D eigenvalue weighted by atomic mass is 32.2. The van der Waals surface area contributed by atoms with Crippen LogP contribution in [0.2, 0.25) is 0 Å². The van der Waals surface area contributed by atoms with Crippen LogP contribution in [0.15, 0.2) is 53.3 Å². The summed E-state index contributed by atoms with van der Waals surface area (Å²) in [4.78, 5) is 28.2.